The van der Waals surface area contributed by atoms with Crippen molar-refractivity contribution in [2.75, 3.05) is 0 Å². The molecule has 0 saturated carbocycles. The predicted octanol–water partition coefficient (Wildman–Crippen LogP) is 5.34. The fraction of sp³-hybridized carbons (Fsp3) is 0.474. The van der Waals surface area contributed by atoms with Gasteiger partial charge in [0.2, 0.25) is 0 Å². The van der Waals surface area contributed by atoms with E-state index in [-0.39, 0.29) is 11.0 Å². The van der Waals surface area contributed by atoms with Crippen LogP contribution >= 0.6 is 11.3 Å². The zero-order valence-electron chi connectivity index (χ0n) is 15.8. The lowest BCUT2D eigenvalue weighted by Gasteiger charge is -2.35. The number of aromatic nitrogens is 2. The lowest BCUT2D eigenvalue weighted by molar-refractivity contribution is -0.135. The van der Waals surface area contributed by atoms with E-state index >= 15 is 0 Å². The molecule has 25 heavy (non-hydrogen) atoms. The molecule has 0 atom stereocenters. The monoisotopic (exact) mass is 374 g/mol. The number of aryl methyl sites for hydroxylation is 2. The molecule has 1 aromatic carbocycles. The number of carbonyl (C=O) groups is 1. The lowest BCUT2D eigenvalue weighted by atomic mass is 10.2. The minimum absolute atomic E-state index is 0.0384. The fourth-order valence-electron chi connectivity index (χ4n) is 2.49. The molecule has 134 valence electrons. The van der Waals surface area contributed by atoms with Crippen LogP contribution in [-0.4, -0.2) is 23.7 Å². The first-order valence-corrected chi connectivity index (χ1v) is 12.4. The van der Waals surface area contributed by atoms with Crippen molar-refractivity contribution in [1.82, 2.24) is 9.38 Å². The van der Waals surface area contributed by atoms with Crippen molar-refractivity contribution in [1.29, 1.82) is 0 Å². The van der Waals surface area contributed by atoms with E-state index in [0.717, 1.165) is 10.7 Å². The zero-order valence-corrected chi connectivity index (χ0v) is 17.7. The third-order valence-corrected chi connectivity index (χ3v) is 10.4. The second kappa shape index (κ2) is 6.25. The highest BCUT2D eigenvalue weighted by Crippen LogP contribution is 2.36. The average Bonchev–Trinajstić information content (AvgIpc) is 2.99. The summed E-state index contributed by atoms with van der Waals surface area (Å²) in [6.07, 6.45) is 3.05. The Bertz CT molecular complexity index is 934. The summed E-state index contributed by atoms with van der Waals surface area (Å²) in [5, 5.41) is 0.0384. The molecule has 0 unspecified atom stereocenters. The standard InChI is InChI=1S/C19H26N2O2SSi/c1-13-7-9-15-16(11-13)24-18-20-14(12-21(15)18)8-10-17(22)23-25(5,6)19(2,3)4/h7,9,11-12H,8,10H2,1-6H3. The Morgan fingerprint density at radius 1 is 1.32 bits per heavy atom. The fourth-order valence-corrected chi connectivity index (χ4v) is 4.60. The normalized spacial score (nSPS) is 12.9. The van der Waals surface area contributed by atoms with Gasteiger partial charge < -0.3 is 4.43 Å². The molecule has 0 aliphatic rings. The first-order chi connectivity index (χ1) is 11.6. The molecular weight excluding hydrogens is 348 g/mol. The van der Waals surface area contributed by atoms with Crippen LogP contribution in [0.15, 0.2) is 24.4 Å². The van der Waals surface area contributed by atoms with Gasteiger partial charge in [0.15, 0.2) is 4.96 Å². The molecule has 0 aliphatic carbocycles. The first kappa shape index (κ1) is 18.1. The van der Waals surface area contributed by atoms with E-state index in [0.29, 0.717) is 12.8 Å². The summed E-state index contributed by atoms with van der Waals surface area (Å²) in [5.41, 5.74) is 3.37. The van der Waals surface area contributed by atoms with E-state index in [9.17, 15) is 4.79 Å². The Morgan fingerprint density at radius 3 is 2.72 bits per heavy atom. The van der Waals surface area contributed by atoms with Crippen molar-refractivity contribution in [3.05, 3.63) is 35.7 Å². The van der Waals surface area contributed by atoms with E-state index in [2.05, 4.69) is 68.4 Å². The molecule has 0 aliphatic heterocycles. The Hall–Kier alpha value is -1.66. The molecule has 0 bridgehead atoms. The number of thiazole rings is 1. The number of fused-ring (bicyclic) bond motifs is 3. The number of rotatable bonds is 4. The molecule has 0 radical (unpaired) electrons. The van der Waals surface area contributed by atoms with Gasteiger partial charge >= 0.3 is 0 Å². The van der Waals surface area contributed by atoms with Gasteiger partial charge in [-0.1, -0.05) is 38.2 Å². The van der Waals surface area contributed by atoms with E-state index in [4.69, 9.17) is 4.43 Å². The van der Waals surface area contributed by atoms with Gasteiger partial charge in [-0.15, -0.1) is 0 Å². The average molecular weight is 375 g/mol. The van der Waals surface area contributed by atoms with Crippen LogP contribution in [0.5, 0.6) is 0 Å². The maximum absolute atomic E-state index is 12.3. The topological polar surface area (TPSA) is 43.6 Å². The van der Waals surface area contributed by atoms with Crippen LogP contribution in [0, 0.1) is 6.92 Å². The van der Waals surface area contributed by atoms with E-state index in [1.165, 1.54) is 15.8 Å². The van der Waals surface area contributed by atoms with Gasteiger partial charge in [0.1, 0.15) is 0 Å². The van der Waals surface area contributed by atoms with Gasteiger partial charge in [-0.05, 0) is 42.8 Å². The highest BCUT2D eigenvalue weighted by atomic mass is 32.1. The minimum atomic E-state index is -2.04. The molecule has 2 heterocycles. The predicted molar refractivity (Wildman–Crippen MR) is 107 cm³/mol. The second-order valence-electron chi connectivity index (χ2n) is 8.19. The molecule has 6 heteroatoms. The molecule has 0 saturated heterocycles. The number of benzene rings is 1. The second-order valence-corrected chi connectivity index (χ2v) is 13.9. The van der Waals surface area contributed by atoms with Gasteiger partial charge in [-0.2, -0.15) is 0 Å². The smallest absolute Gasteiger partial charge is 0.292 e. The van der Waals surface area contributed by atoms with Crippen molar-refractivity contribution in [3.8, 4) is 0 Å². The Labute approximate surface area is 154 Å². The largest absolute Gasteiger partial charge is 0.519 e. The Balaban J connectivity index is 1.70. The third-order valence-electron chi connectivity index (χ3n) is 5.06. The Morgan fingerprint density at radius 2 is 2.04 bits per heavy atom. The summed E-state index contributed by atoms with van der Waals surface area (Å²) in [6.45, 7) is 12.7. The van der Waals surface area contributed by atoms with Crippen molar-refractivity contribution in [2.24, 2.45) is 0 Å². The molecule has 0 fully saturated rings. The van der Waals surface area contributed by atoms with Crippen LogP contribution in [0.4, 0.5) is 0 Å². The highest BCUT2D eigenvalue weighted by Gasteiger charge is 2.40. The van der Waals surface area contributed by atoms with Crippen LogP contribution in [0.25, 0.3) is 15.2 Å². The molecular formula is C19H26N2O2SSi. The maximum atomic E-state index is 12.3. The molecule has 4 nitrogen and oxygen atoms in total. The van der Waals surface area contributed by atoms with Crippen LogP contribution < -0.4 is 0 Å². The molecule has 2 aromatic heterocycles. The number of carbonyl (C=O) groups excluding carboxylic acids is 1. The highest BCUT2D eigenvalue weighted by molar-refractivity contribution is 7.23. The first-order valence-electron chi connectivity index (χ1n) is 8.66. The van der Waals surface area contributed by atoms with E-state index in [1.54, 1.807) is 11.3 Å². The number of hydrogen-bond acceptors (Lipinski definition) is 4. The summed E-state index contributed by atoms with van der Waals surface area (Å²) >= 11 is 1.69. The summed E-state index contributed by atoms with van der Waals surface area (Å²) in [6, 6.07) is 6.43. The van der Waals surface area contributed by atoms with Crippen LogP contribution in [-0.2, 0) is 15.6 Å². The van der Waals surface area contributed by atoms with E-state index in [1.807, 2.05) is 6.20 Å². The number of hydrogen-bond donors (Lipinski definition) is 0. The maximum Gasteiger partial charge on any atom is 0.292 e. The van der Waals surface area contributed by atoms with Crippen LogP contribution in [0.1, 0.15) is 38.4 Å². The lowest BCUT2D eigenvalue weighted by Crippen LogP contribution is -2.42. The molecule has 0 amide bonds. The SMILES string of the molecule is Cc1ccc2c(c1)sc1nc(CCC(=O)O[Si](C)(C)C(C)(C)C)cn12. The van der Waals surface area contributed by atoms with Gasteiger partial charge in [-0.3, -0.25) is 9.20 Å². The zero-order chi connectivity index (χ0) is 18.4. The summed E-state index contributed by atoms with van der Waals surface area (Å²) in [4.78, 5) is 17.9. The summed E-state index contributed by atoms with van der Waals surface area (Å²) in [5.74, 6) is -0.108. The molecule has 0 spiro atoms. The molecule has 3 rings (SSSR count). The Kier molecular flexibility index (Phi) is 4.53. The summed E-state index contributed by atoms with van der Waals surface area (Å²) in [7, 11) is -2.04. The molecule has 3 aromatic rings. The number of imidazole rings is 1. The van der Waals surface area contributed by atoms with Gasteiger partial charge in [0.25, 0.3) is 14.3 Å². The number of nitrogens with zero attached hydrogens (tertiary/aromatic N) is 2. The minimum Gasteiger partial charge on any atom is -0.519 e. The van der Waals surface area contributed by atoms with Crippen LogP contribution in [0.3, 0.4) is 0 Å². The summed E-state index contributed by atoms with van der Waals surface area (Å²) < 4.78 is 9.19. The quantitative estimate of drug-likeness (QED) is 0.579. The third kappa shape index (κ3) is 3.65. The van der Waals surface area contributed by atoms with Gasteiger partial charge in [0, 0.05) is 19.0 Å². The van der Waals surface area contributed by atoms with E-state index < -0.39 is 8.32 Å². The van der Waals surface area contributed by atoms with Crippen molar-refractivity contribution < 1.29 is 9.22 Å². The van der Waals surface area contributed by atoms with Crippen molar-refractivity contribution in [3.63, 3.8) is 0 Å². The van der Waals surface area contributed by atoms with Crippen LogP contribution in [0.2, 0.25) is 18.1 Å². The van der Waals surface area contributed by atoms with Crippen molar-refractivity contribution >= 4 is 40.8 Å². The molecule has 0 N–H and O–H groups in total. The van der Waals surface area contributed by atoms with Gasteiger partial charge in [0.05, 0.1) is 15.9 Å². The van der Waals surface area contributed by atoms with Gasteiger partial charge in [-0.25, -0.2) is 4.98 Å². The van der Waals surface area contributed by atoms with Crippen molar-refractivity contribution in [2.45, 2.75) is 58.7 Å².